The van der Waals surface area contributed by atoms with Crippen molar-refractivity contribution >= 4 is 27.1 Å². The second-order valence-corrected chi connectivity index (χ2v) is 9.28. The van der Waals surface area contributed by atoms with Crippen molar-refractivity contribution in [2.75, 3.05) is 18.1 Å². The molecular formula is C16H22N4O3S2. The number of hydrogen-bond acceptors (Lipinski definition) is 6. The lowest BCUT2D eigenvalue weighted by Gasteiger charge is -2.35. The van der Waals surface area contributed by atoms with Crippen LogP contribution in [0.2, 0.25) is 0 Å². The van der Waals surface area contributed by atoms with E-state index in [0.29, 0.717) is 6.54 Å². The number of thiazole rings is 1. The molecule has 1 fully saturated rings. The van der Waals surface area contributed by atoms with Crippen molar-refractivity contribution in [2.24, 2.45) is 0 Å². The summed E-state index contributed by atoms with van der Waals surface area (Å²) < 4.78 is 26.0. The number of amides is 1. The highest BCUT2D eigenvalue weighted by atomic mass is 32.2. The summed E-state index contributed by atoms with van der Waals surface area (Å²) in [6.45, 7) is 4.91. The molecule has 1 aliphatic heterocycles. The standard InChI is InChI=1S/C16H22N4O3S2/c1-3-15-18-13(10-24-15)7-16(21)20-5-6-25(22,23)11-14(20)12-8-17-19(4-2)9-12/h8-10,14H,3-7,11H2,1-2H3. The van der Waals surface area contributed by atoms with Gasteiger partial charge in [0, 0.05) is 30.2 Å². The van der Waals surface area contributed by atoms with E-state index in [0.717, 1.165) is 22.7 Å². The summed E-state index contributed by atoms with van der Waals surface area (Å²) in [6, 6.07) is -0.476. The zero-order valence-corrected chi connectivity index (χ0v) is 16.0. The van der Waals surface area contributed by atoms with Crippen LogP contribution < -0.4 is 0 Å². The van der Waals surface area contributed by atoms with Gasteiger partial charge in [-0.2, -0.15) is 5.10 Å². The minimum absolute atomic E-state index is 0.00836. The van der Waals surface area contributed by atoms with Crippen LogP contribution in [0, 0.1) is 0 Å². The molecule has 2 aromatic heterocycles. The van der Waals surface area contributed by atoms with E-state index < -0.39 is 15.9 Å². The molecule has 9 heteroatoms. The van der Waals surface area contributed by atoms with Crippen molar-refractivity contribution in [2.45, 2.75) is 39.3 Å². The number of aryl methyl sites for hydroxylation is 2. The van der Waals surface area contributed by atoms with E-state index in [4.69, 9.17) is 0 Å². The Labute approximate surface area is 151 Å². The smallest absolute Gasteiger partial charge is 0.229 e. The molecule has 0 bridgehead atoms. The molecule has 136 valence electrons. The molecule has 0 spiro atoms. The van der Waals surface area contributed by atoms with Crippen molar-refractivity contribution in [1.82, 2.24) is 19.7 Å². The molecule has 3 rings (SSSR count). The molecule has 0 N–H and O–H groups in total. The van der Waals surface area contributed by atoms with Crippen molar-refractivity contribution in [3.63, 3.8) is 0 Å². The predicted molar refractivity (Wildman–Crippen MR) is 96.2 cm³/mol. The Balaban J connectivity index is 1.82. The average Bonchev–Trinajstić information content (AvgIpc) is 3.22. The van der Waals surface area contributed by atoms with Gasteiger partial charge in [-0.3, -0.25) is 9.48 Å². The maximum absolute atomic E-state index is 12.8. The maximum atomic E-state index is 12.8. The fourth-order valence-electron chi connectivity index (χ4n) is 2.96. The molecule has 2 aromatic rings. The number of rotatable bonds is 5. The highest BCUT2D eigenvalue weighted by Gasteiger charge is 2.35. The van der Waals surface area contributed by atoms with Gasteiger partial charge in [0.25, 0.3) is 0 Å². The van der Waals surface area contributed by atoms with Gasteiger partial charge >= 0.3 is 0 Å². The third kappa shape index (κ3) is 4.09. The molecule has 7 nitrogen and oxygen atoms in total. The topological polar surface area (TPSA) is 85.2 Å². The molecular weight excluding hydrogens is 360 g/mol. The minimum atomic E-state index is -3.16. The van der Waals surface area contributed by atoms with Gasteiger partial charge in [0.05, 0.1) is 40.9 Å². The van der Waals surface area contributed by atoms with E-state index in [2.05, 4.69) is 10.1 Å². The largest absolute Gasteiger partial charge is 0.333 e. The first-order chi connectivity index (χ1) is 11.9. The molecule has 0 saturated carbocycles. The highest BCUT2D eigenvalue weighted by molar-refractivity contribution is 7.91. The number of aromatic nitrogens is 3. The summed E-state index contributed by atoms with van der Waals surface area (Å²) in [5.41, 5.74) is 1.52. The molecule has 0 aromatic carbocycles. The van der Waals surface area contributed by atoms with Gasteiger partial charge in [-0.15, -0.1) is 11.3 Å². The first-order valence-electron chi connectivity index (χ1n) is 8.37. The second kappa shape index (κ2) is 7.25. The van der Waals surface area contributed by atoms with Gasteiger partial charge in [0.1, 0.15) is 0 Å². The Kier molecular flexibility index (Phi) is 5.24. The zero-order valence-electron chi connectivity index (χ0n) is 14.4. The van der Waals surface area contributed by atoms with Crippen LogP contribution in [0.4, 0.5) is 0 Å². The lowest BCUT2D eigenvalue weighted by atomic mass is 10.1. The van der Waals surface area contributed by atoms with Gasteiger partial charge in [0.2, 0.25) is 5.91 Å². The van der Waals surface area contributed by atoms with E-state index >= 15 is 0 Å². The monoisotopic (exact) mass is 382 g/mol. The van der Waals surface area contributed by atoms with E-state index in [1.54, 1.807) is 27.1 Å². The van der Waals surface area contributed by atoms with E-state index in [9.17, 15) is 13.2 Å². The Hall–Kier alpha value is -1.74. The Bertz CT molecular complexity index is 856. The third-order valence-corrected chi connectivity index (χ3v) is 7.02. The summed E-state index contributed by atoms with van der Waals surface area (Å²) in [6.07, 6.45) is 4.53. The van der Waals surface area contributed by atoms with E-state index in [1.165, 1.54) is 0 Å². The van der Waals surface area contributed by atoms with Crippen molar-refractivity contribution in [1.29, 1.82) is 0 Å². The van der Waals surface area contributed by atoms with Crippen LogP contribution in [-0.4, -0.2) is 52.0 Å². The molecule has 25 heavy (non-hydrogen) atoms. The van der Waals surface area contributed by atoms with Crippen molar-refractivity contribution < 1.29 is 13.2 Å². The van der Waals surface area contributed by atoms with Crippen LogP contribution in [0.3, 0.4) is 0 Å². The molecule has 1 amide bonds. The number of carbonyl (C=O) groups excluding carboxylic acids is 1. The van der Waals surface area contributed by atoms with Gasteiger partial charge < -0.3 is 4.90 Å². The second-order valence-electron chi connectivity index (χ2n) is 6.11. The summed E-state index contributed by atoms with van der Waals surface area (Å²) in [5, 5.41) is 7.13. The fraction of sp³-hybridized carbons (Fsp3) is 0.562. The first-order valence-corrected chi connectivity index (χ1v) is 11.1. The van der Waals surface area contributed by atoms with Crippen molar-refractivity contribution in [3.05, 3.63) is 34.0 Å². The summed E-state index contributed by atoms with van der Waals surface area (Å²) in [4.78, 5) is 18.9. The number of carbonyl (C=O) groups is 1. The number of sulfone groups is 1. The zero-order chi connectivity index (χ0) is 18.0. The molecule has 0 aliphatic carbocycles. The lowest BCUT2D eigenvalue weighted by molar-refractivity contribution is -0.132. The molecule has 1 atom stereocenters. The molecule has 3 heterocycles. The number of hydrogen-bond donors (Lipinski definition) is 0. The lowest BCUT2D eigenvalue weighted by Crippen LogP contribution is -2.46. The Morgan fingerprint density at radius 3 is 2.84 bits per heavy atom. The summed E-state index contributed by atoms with van der Waals surface area (Å²) in [7, 11) is -3.16. The van der Waals surface area contributed by atoms with Gasteiger partial charge in [0.15, 0.2) is 9.84 Å². The molecule has 0 radical (unpaired) electrons. The van der Waals surface area contributed by atoms with Crippen LogP contribution in [-0.2, 0) is 34.0 Å². The van der Waals surface area contributed by atoms with Gasteiger partial charge in [-0.25, -0.2) is 13.4 Å². The van der Waals surface area contributed by atoms with E-state index in [-0.39, 0.29) is 30.4 Å². The third-order valence-electron chi connectivity index (χ3n) is 4.35. The summed E-state index contributed by atoms with van der Waals surface area (Å²) >= 11 is 1.55. The van der Waals surface area contributed by atoms with Gasteiger partial charge in [-0.1, -0.05) is 6.92 Å². The van der Waals surface area contributed by atoms with Crippen LogP contribution >= 0.6 is 11.3 Å². The summed E-state index contributed by atoms with van der Waals surface area (Å²) in [5.74, 6) is -0.128. The normalized spacial score (nSPS) is 19.9. The van der Waals surface area contributed by atoms with Gasteiger partial charge in [-0.05, 0) is 13.3 Å². The fourth-order valence-corrected chi connectivity index (χ4v) is 5.20. The molecule has 1 saturated heterocycles. The highest BCUT2D eigenvalue weighted by Crippen LogP contribution is 2.27. The molecule has 1 aliphatic rings. The van der Waals surface area contributed by atoms with Crippen LogP contribution in [0.1, 0.15) is 36.2 Å². The van der Waals surface area contributed by atoms with E-state index in [1.807, 2.05) is 25.4 Å². The van der Waals surface area contributed by atoms with Crippen LogP contribution in [0.25, 0.3) is 0 Å². The average molecular weight is 383 g/mol. The quantitative estimate of drug-likeness (QED) is 0.782. The Morgan fingerprint density at radius 2 is 2.20 bits per heavy atom. The SMILES string of the molecule is CCc1nc(CC(=O)N2CCS(=O)(=O)CC2c2cnn(CC)c2)cs1. The first kappa shape index (κ1) is 18.1. The van der Waals surface area contributed by atoms with Crippen LogP contribution in [0.5, 0.6) is 0 Å². The maximum Gasteiger partial charge on any atom is 0.229 e. The van der Waals surface area contributed by atoms with Crippen molar-refractivity contribution in [3.8, 4) is 0 Å². The Morgan fingerprint density at radius 1 is 1.40 bits per heavy atom. The minimum Gasteiger partial charge on any atom is -0.333 e. The molecule has 1 unspecified atom stereocenters. The van der Waals surface area contributed by atoms with Crippen LogP contribution in [0.15, 0.2) is 17.8 Å². The predicted octanol–water partition coefficient (Wildman–Crippen LogP) is 1.46. The number of nitrogens with zero attached hydrogens (tertiary/aromatic N) is 4.